The molecule has 0 aromatic carbocycles. The lowest BCUT2D eigenvalue weighted by atomic mass is 10.2. The predicted molar refractivity (Wildman–Crippen MR) is 55.4 cm³/mol. The Bertz CT molecular complexity index is 395. The Hall–Kier alpha value is -1.62. The third-order valence-electron chi connectivity index (χ3n) is 1.79. The van der Waals surface area contributed by atoms with E-state index in [2.05, 4.69) is 10.3 Å². The van der Waals surface area contributed by atoms with Gasteiger partial charge >= 0.3 is 0 Å². The van der Waals surface area contributed by atoms with Crippen LogP contribution in [0.2, 0.25) is 5.02 Å². The molecule has 80 valence electrons. The molecule has 0 fully saturated rings. The summed E-state index contributed by atoms with van der Waals surface area (Å²) in [5.41, 5.74) is 5.27. The van der Waals surface area contributed by atoms with E-state index in [1.807, 2.05) is 0 Å². The average Bonchev–Trinajstić information content (AvgIpc) is 2.18. The van der Waals surface area contributed by atoms with Crippen molar-refractivity contribution in [2.24, 2.45) is 5.73 Å². The molecule has 0 aliphatic heterocycles. The summed E-state index contributed by atoms with van der Waals surface area (Å²) >= 11 is 5.74. The zero-order valence-corrected chi connectivity index (χ0v) is 8.78. The number of carbonyl (C=O) groups excluding carboxylic acids is 2. The largest absolute Gasteiger partial charge is 0.368 e. The number of hydrogen-bond donors (Lipinski definition) is 2. The Labute approximate surface area is 91.6 Å². The second kappa shape index (κ2) is 4.75. The first-order chi connectivity index (χ1) is 7.02. The fraction of sp³-hybridized carbons (Fsp3) is 0.222. The quantitative estimate of drug-likeness (QED) is 0.781. The first-order valence-electron chi connectivity index (χ1n) is 4.22. The summed E-state index contributed by atoms with van der Waals surface area (Å²) in [5.74, 6) is -1.05. The van der Waals surface area contributed by atoms with Crippen LogP contribution >= 0.6 is 11.6 Å². The Morgan fingerprint density at radius 2 is 2.27 bits per heavy atom. The van der Waals surface area contributed by atoms with E-state index < -0.39 is 17.9 Å². The van der Waals surface area contributed by atoms with E-state index in [1.165, 1.54) is 25.4 Å². The molecular formula is C9H10ClN3O2. The van der Waals surface area contributed by atoms with Crippen LogP contribution in [0.5, 0.6) is 0 Å². The molecule has 0 aliphatic carbocycles. The molecule has 0 radical (unpaired) electrons. The minimum Gasteiger partial charge on any atom is -0.368 e. The third kappa shape index (κ3) is 2.92. The number of amides is 2. The van der Waals surface area contributed by atoms with Gasteiger partial charge in [0, 0.05) is 12.4 Å². The van der Waals surface area contributed by atoms with Gasteiger partial charge in [0.15, 0.2) is 0 Å². The van der Waals surface area contributed by atoms with E-state index in [0.717, 1.165) is 0 Å². The van der Waals surface area contributed by atoms with Crippen LogP contribution in [0.15, 0.2) is 18.5 Å². The van der Waals surface area contributed by atoms with Crippen LogP contribution in [0.3, 0.4) is 0 Å². The van der Waals surface area contributed by atoms with E-state index >= 15 is 0 Å². The van der Waals surface area contributed by atoms with Crippen molar-refractivity contribution in [2.45, 2.75) is 13.0 Å². The van der Waals surface area contributed by atoms with Crippen molar-refractivity contribution < 1.29 is 9.59 Å². The fourth-order valence-electron chi connectivity index (χ4n) is 0.905. The molecule has 5 nitrogen and oxygen atoms in total. The summed E-state index contributed by atoms with van der Waals surface area (Å²) in [7, 11) is 0. The van der Waals surface area contributed by atoms with Crippen LogP contribution in [0.4, 0.5) is 0 Å². The molecular weight excluding hydrogens is 218 g/mol. The van der Waals surface area contributed by atoms with E-state index in [1.54, 1.807) is 0 Å². The minimum atomic E-state index is -0.735. The first-order valence-corrected chi connectivity index (χ1v) is 4.60. The number of nitrogens with two attached hydrogens (primary N) is 1. The maximum atomic E-state index is 11.5. The van der Waals surface area contributed by atoms with Crippen molar-refractivity contribution in [3.8, 4) is 0 Å². The summed E-state index contributed by atoms with van der Waals surface area (Å²) in [5, 5.41) is 2.64. The molecule has 15 heavy (non-hydrogen) atoms. The smallest absolute Gasteiger partial charge is 0.253 e. The fourth-order valence-corrected chi connectivity index (χ4v) is 1.11. The summed E-state index contributed by atoms with van der Waals surface area (Å²) in [4.78, 5) is 26.0. The number of aromatic nitrogens is 1. The number of nitrogens with one attached hydrogen (secondary N) is 1. The third-order valence-corrected chi connectivity index (χ3v) is 2.09. The van der Waals surface area contributed by atoms with Crippen molar-refractivity contribution in [3.63, 3.8) is 0 Å². The molecule has 1 aromatic rings. The van der Waals surface area contributed by atoms with Crippen molar-refractivity contribution in [3.05, 3.63) is 29.0 Å². The number of primary amides is 1. The summed E-state index contributed by atoms with van der Waals surface area (Å²) in [6.45, 7) is 1.50. The van der Waals surface area contributed by atoms with E-state index in [0.29, 0.717) is 0 Å². The molecule has 1 atom stereocenters. The Balaban J connectivity index is 2.78. The SMILES string of the molecule is CC(NC(=O)c1ccncc1Cl)C(N)=O. The molecule has 0 saturated carbocycles. The van der Waals surface area contributed by atoms with Gasteiger partial charge in [0.05, 0.1) is 10.6 Å². The lowest BCUT2D eigenvalue weighted by Gasteiger charge is -2.10. The maximum absolute atomic E-state index is 11.5. The Morgan fingerprint density at radius 3 is 2.80 bits per heavy atom. The van der Waals surface area contributed by atoms with E-state index in [-0.39, 0.29) is 10.6 Å². The van der Waals surface area contributed by atoms with Crippen molar-refractivity contribution >= 4 is 23.4 Å². The molecule has 0 bridgehead atoms. The lowest BCUT2D eigenvalue weighted by Crippen LogP contribution is -2.42. The molecule has 0 aliphatic rings. The molecule has 2 amide bonds. The molecule has 0 saturated heterocycles. The number of halogens is 1. The van der Waals surface area contributed by atoms with Gasteiger partial charge in [-0.05, 0) is 13.0 Å². The summed E-state index contributed by atoms with van der Waals surface area (Å²) in [6.07, 6.45) is 2.79. The van der Waals surface area contributed by atoms with Crippen molar-refractivity contribution in [1.82, 2.24) is 10.3 Å². The van der Waals surface area contributed by atoms with Crippen LogP contribution in [0.1, 0.15) is 17.3 Å². The zero-order chi connectivity index (χ0) is 11.4. The number of carbonyl (C=O) groups is 2. The van der Waals surface area contributed by atoms with E-state index in [4.69, 9.17) is 17.3 Å². The minimum absolute atomic E-state index is 0.228. The predicted octanol–water partition coefficient (Wildman–Crippen LogP) is 0.339. The molecule has 1 rings (SSSR count). The molecule has 1 heterocycles. The van der Waals surface area contributed by atoms with Crippen LogP contribution < -0.4 is 11.1 Å². The van der Waals surface area contributed by atoms with Gasteiger partial charge in [0.1, 0.15) is 6.04 Å². The van der Waals surface area contributed by atoms with E-state index in [9.17, 15) is 9.59 Å². The summed E-state index contributed by atoms with van der Waals surface area (Å²) < 4.78 is 0. The highest BCUT2D eigenvalue weighted by molar-refractivity contribution is 6.33. The van der Waals surface area contributed by atoms with Gasteiger partial charge in [0.25, 0.3) is 5.91 Å². The van der Waals surface area contributed by atoms with Crippen LogP contribution in [-0.4, -0.2) is 22.8 Å². The second-order valence-corrected chi connectivity index (χ2v) is 3.36. The average molecular weight is 228 g/mol. The Kier molecular flexibility index (Phi) is 3.62. The number of nitrogens with zero attached hydrogens (tertiary/aromatic N) is 1. The second-order valence-electron chi connectivity index (χ2n) is 2.95. The maximum Gasteiger partial charge on any atom is 0.253 e. The normalized spacial score (nSPS) is 11.9. The number of rotatable bonds is 3. The molecule has 6 heteroatoms. The monoisotopic (exact) mass is 227 g/mol. The number of hydrogen-bond acceptors (Lipinski definition) is 3. The van der Waals surface area contributed by atoms with Gasteiger partial charge in [0.2, 0.25) is 5.91 Å². The number of pyridine rings is 1. The van der Waals surface area contributed by atoms with Crippen LogP contribution in [0, 0.1) is 0 Å². The highest BCUT2D eigenvalue weighted by Gasteiger charge is 2.15. The standard InChI is InChI=1S/C9H10ClN3O2/c1-5(8(11)14)13-9(15)6-2-3-12-4-7(6)10/h2-5H,1H3,(H2,11,14)(H,13,15). The van der Waals surface area contributed by atoms with Gasteiger partial charge in [-0.1, -0.05) is 11.6 Å². The zero-order valence-electron chi connectivity index (χ0n) is 8.03. The molecule has 0 spiro atoms. The van der Waals surface area contributed by atoms with Gasteiger partial charge < -0.3 is 11.1 Å². The van der Waals surface area contributed by atoms with Gasteiger partial charge in [-0.3, -0.25) is 14.6 Å². The molecule has 3 N–H and O–H groups in total. The van der Waals surface area contributed by atoms with Gasteiger partial charge in [-0.15, -0.1) is 0 Å². The van der Waals surface area contributed by atoms with Crippen LogP contribution in [-0.2, 0) is 4.79 Å². The lowest BCUT2D eigenvalue weighted by molar-refractivity contribution is -0.119. The molecule has 1 unspecified atom stereocenters. The van der Waals surface area contributed by atoms with Crippen LogP contribution in [0.25, 0.3) is 0 Å². The van der Waals surface area contributed by atoms with Gasteiger partial charge in [-0.2, -0.15) is 0 Å². The summed E-state index contributed by atoms with van der Waals surface area (Å²) in [6, 6.07) is 0.729. The molecule has 1 aromatic heterocycles. The van der Waals surface area contributed by atoms with Gasteiger partial charge in [-0.25, -0.2) is 0 Å². The first kappa shape index (κ1) is 11.5. The van der Waals surface area contributed by atoms with Crippen molar-refractivity contribution in [1.29, 1.82) is 0 Å². The van der Waals surface area contributed by atoms with Crippen molar-refractivity contribution in [2.75, 3.05) is 0 Å². The highest BCUT2D eigenvalue weighted by atomic mass is 35.5. The highest BCUT2D eigenvalue weighted by Crippen LogP contribution is 2.12. The topological polar surface area (TPSA) is 85.1 Å². The Morgan fingerprint density at radius 1 is 1.60 bits per heavy atom.